The summed E-state index contributed by atoms with van der Waals surface area (Å²) in [4.78, 5) is 13.4. The van der Waals surface area contributed by atoms with Gasteiger partial charge in [-0.15, -0.1) is 11.3 Å². The molecule has 0 spiro atoms. The summed E-state index contributed by atoms with van der Waals surface area (Å²) in [7, 11) is 0. The molecule has 1 aromatic carbocycles. The lowest BCUT2D eigenvalue weighted by atomic mass is 9.99. The highest BCUT2D eigenvalue weighted by atomic mass is 32.1. The van der Waals surface area contributed by atoms with Gasteiger partial charge in [-0.3, -0.25) is 4.79 Å². The van der Waals surface area contributed by atoms with E-state index in [4.69, 9.17) is 0 Å². The highest BCUT2D eigenvalue weighted by Gasteiger charge is 2.12. The zero-order chi connectivity index (χ0) is 11.7. The lowest BCUT2D eigenvalue weighted by Crippen LogP contribution is -2.02. The van der Waals surface area contributed by atoms with Crippen molar-refractivity contribution < 1.29 is 4.79 Å². The fourth-order valence-corrected chi connectivity index (χ4v) is 2.47. The average molecular weight is 230 g/mol. The summed E-state index contributed by atoms with van der Waals surface area (Å²) in [6.45, 7) is 6.04. The van der Waals surface area contributed by atoms with Gasteiger partial charge in [0.05, 0.1) is 0 Å². The van der Waals surface area contributed by atoms with E-state index in [2.05, 4.69) is 0 Å². The van der Waals surface area contributed by atoms with Crippen LogP contribution in [0.5, 0.6) is 0 Å². The fraction of sp³-hybridized carbons (Fsp3) is 0.214. The SMILES string of the molecule is Cc1ccc(C(=O)c2csc(C)c2)c(C)c1. The normalized spacial score (nSPS) is 10.4. The van der Waals surface area contributed by atoms with Crippen LogP contribution in [0.4, 0.5) is 0 Å². The van der Waals surface area contributed by atoms with Crippen molar-refractivity contribution in [2.75, 3.05) is 0 Å². The van der Waals surface area contributed by atoms with Crippen molar-refractivity contribution in [3.05, 3.63) is 56.8 Å². The van der Waals surface area contributed by atoms with Crippen molar-refractivity contribution in [2.24, 2.45) is 0 Å². The summed E-state index contributed by atoms with van der Waals surface area (Å²) in [6.07, 6.45) is 0. The summed E-state index contributed by atoms with van der Waals surface area (Å²) in [5, 5.41) is 1.93. The molecule has 2 rings (SSSR count). The van der Waals surface area contributed by atoms with Crippen molar-refractivity contribution in [1.82, 2.24) is 0 Å². The second-order valence-corrected chi connectivity index (χ2v) is 5.21. The Hall–Kier alpha value is -1.41. The minimum atomic E-state index is 0.127. The number of carbonyl (C=O) groups excluding carboxylic acids is 1. The molecule has 0 bridgehead atoms. The smallest absolute Gasteiger partial charge is 0.194 e. The monoisotopic (exact) mass is 230 g/mol. The number of hydrogen-bond donors (Lipinski definition) is 0. The van der Waals surface area contributed by atoms with Crippen molar-refractivity contribution in [2.45, 2.75) is 20.8 Å². The lowest BCUT2D eigenvalue weighted by Gasteiger charge is -2.04. The molecule has 0 aliphatic carbocycles. The first-order valence-corrected chi connectivity index (χ1v) is 6.13. The molecule has 82 valence electrons. The maximum absolute atomic E-state index is 12.2. The van der Waals surface area contributed by atoms with Crippen LogP contribution in [0.15, 0.2) is 29.6 Å². The predicted molar refractivity (Wildman–Crippen MR) is 68.4 cm³/mol. The number of benzene rings is 1. The van der Waals surface area contributed by atoms with Crippen LogP contribution in [0, 0.1) is 20.8 Å². The fourth-order valence-electron chi connectivity index (χ4n) is 1.79. The summed E-state index contributed by atoms with van der Waals surface area (Å²) in [6, 6.07) is 7.90. The molecule has 0 aliphatic heterocycles. The van der Waals surface area contributed by atoms with Gasteiger partial charge in [-0.1, -0.05) is 23.8 Å². The average Bonchev–Trinajstić information content (AvgIpc) is 2.64. The number of thiophene rings is 1. The maximum atomic E-state index is 12.2. The Bertz CT molecular complexity index is 537. The van der Waals surface area contributed by atoms with Crippen LogP contribution in [-0.4, -0.2) is 5.78 Å². The van der Waals surface area contributed by atoms with Gasteiger partial charge >= 0.3 is 0 Å². The van der Waals surface area contributed by atoms with Gasteiger partial charge in [0.25, 0.3) is 0 Å². The number of aryl methyl sites for hydroxylation is 3. The molecule has 16 heavy (non-hydrogen) atoms. The first-order valence-electron chi connectivity index (χ1n) is 5.25. The Kier molecular flexibility index (Phi) is 2.92. The largest absolute Gasteiger partial charge is 0.289 e. The quantitative estimate of drug-likeness (QED) is 0.715. The van der Waals surface area contributed by atoms with Crippen LogP contribution in [0.25, 0.3) is 0 Å². The summed E-state index contributed by atoms with van der Waals surface area (Å²) in [5.41, 5.74) is 3.85. The molecule has 0 fully saturated rings. The van der Waals surface area contributed by atoms with E-state index in [0.717, 1.165) is 16.7 Å². The second kappa shape index (κ2) is 4.22. The minimum absolute atomic E-state index is 0.127. The maximum Gasteiger partial charge on any atom is 0.194 e. The summed E-state index contributed by atoms with van der Waals surface area (Å²) >= 11 is 1.62. The van der Waals surface area contributed by atoms with Crippen molar-refractivity contribution in [3.8, 4) is 0 Å². The van der Waals surface area contributed by atoms with Crippen LogP contribution in [0.3, 0.4) is 0 Å². The molecular formula is C14H14OS. The Labute approximate surface area is 99.8 Å². The molecule has 0 saturated heterocycles. The van der Waals surface area contributed by atoms with Gasteiger partial charge in [-0.2, -0.15) is 0 Å². The van der Waals surface area contributed by atoms with E-state index in [1.807, 2.05) is 50.4 Å². The van der Waals surface area contributed by atoms with Crippen LogP contribution in [0.1, 0.15) is 31.9 Å². The van der Waals surface area contributed by atoms with Gasteiger partial charge in [0.15, 0.2) is 5.78 Å². The van der Waals surface area contributed by atoms with Crippen LogP contribution in [-0.2, 0) is 0 Å². The van der Waals surface area contributed by atoms with E-state index < -0.39 is 0 Å². The lowest BCUT2D eigenvalue weighted by molar-refractivity contribution is 0.103. The van der Waals surface area contributed by atoms with Gasteiger partial charge in [0.2, 0.25) is 0 Å². The molecule has 2 aromatic rings. The first kappa shape index (κ1) is 11.1. The Balaban J connectivity index is 2.41. The first-order chi connectivity index (χ1) is 7.58. The van der Waals surface area contributed by atoms with Gasteiger partial charge in [0.1, 0.15) is 0 Å². The third-order valence-corrected chi connectivity index (χ3v) is 3.48. The summed E-state index contributed by atoms with van der Waals surface area (Å²) in [5.74, 6) is 0.127. The molecule has 0 amide bonds. The molecule has 0 radical (unpaired) electrons. The zero-order valence-electron chi connectivity index (χ0n) is 9.70. The molecule has 1 aromatic heterocycles. The molecule has 1 nitrogen and oxygen atoms in total. The van der Waals surface area contributed by atoms with Crippen LogP contribution < -0.4 is 0 Å². The molecule has 0 N–H and O–H groups in total. The molecular weight excluding hydrogens is 216 g/mol. The standard InChI is InChI=1S/C14H14OS/c1-9-4-5-13(10(2)6-9)14(15)12-7-11(3)16-8-12/h4-8H,1-3H3. The minimum Gasteiger partial charge on any atom is -0.289 e. The van der Waals surface area contributed by atoms with Crippen LogP contribution in [0.2, 0.25) is 0 Å². The third-order valence-electron chi connectivity index (χ3n) is 2.62. The van der Waals surface area contributed by atoms with Gasteiger partial charge in [0, 0.05) is 21.4 Å². The predicted octanol–water partition coefficient (Wildman–Crippen LogP) is 3.90. The van der Waals surface area contributed by atoms with E-state index in [0.29, 0.717) is 0 Å². The van der Waals surface area contributed by atoms with Crippen LogP contribution >= 0.6 is 11.3 Å². The molecule has 1 heterocycles. The highest BCUT2D eigenvalue weighted by Crippen LogP contribution is 2.19. The number of carbonyl (C=O) groups is 1. The summed E-state index contributed by atoms with van der Waals surface area (Å²) < 4.78 is 0. The number of rotatable bonds is 2. The zero-order valence-corrected chi connectivity index (χ0v) is 10.5. The molecule has 0 saturated carbocycles. The third kappa shape index (κ3) is 2.07. The van der Waals surface area contributed by atoms with E-state index in [1.165, 1.54) is 10.4 Å². The molecule has 0 unspecified atom stereocenters. The highest BCUT2D eigenvalue weighted by molar-refractivity contribution is 7.10. The Morgan fingerprint density at radius 1 is 1.12 bits per heavy atom. The van der Waals surface area contributed by atoms with E-state index in [9.17, 15) is 4.79 Å². The van der Waals surface area contributed by atoms with Gasteiger partial charge in [-0.25, -0.2) is 0 Å². The van der Waals surface area contributed by atoms with Gasteiger partial charge < -0.3 is 0 Å². The second-order valence-electron chi connectivity index (χ2n) is 4.09. The Morgan fingerprint density at radius 3 is 2.44 bits per heavy atom. The molecule has 2 heteroatoms. The number of ketones is 1. The van der Waals surface area contributed by atoms with Gasteiger partial charge in [-0.05, 0) is 32.4 Å². The molecule has 0 aliphatic rings. The Morgan fingerprint density at radius 2 is 1.88 bits per heavy atom. The number of hydrogen-bond acceptors (Lipinski definition) is 2. The van der Waals surface area contributed by atoms with E-state index in [-0.39, 0.29) is 5.78 Å². The topological polar surface area (TPSA) is 17.1 Å². The van der Waals surface area contributed by atoms with E-state index in [1.54, 1.807) is 11.3 Å². The van der Waals surface area contributed by atoms with E-state index >= 15 is 0 Å². The molecule has 0 atom stereocenters. The van der Waals surface area contributed by atoms with Crippen molar-refractivity contribution >= 4 is 17.1 Å². The van der Waals surface area contributed by atoms with Crippen molar-refractivity contribution in [1.29, 1.82) is 0 Å². The van der Waals surface area contributed by atoms with Crippen molar-refractivity contribution in [3.63, 3.8) is 0 Å².